The van der Waals surface area contributed by atoms with Gasteiger partial charge in [0.05, 0.1) is 0 Å². The lowest BCUT2D eigenvalue weighted by Gasteiger charge is -2.14. The van der Waals surface area contributed by atoms with Crippen molar-refractivity contribution < 1.29 is 28.9 Å². The van der Waals surface area contributed by atoms with Crippen LogP contribution in [0.4, 0.5) is 0 Å². The van der Waals surface area contributed by atoms with Crippen LogP contribution in [-0.2, 0) is 0 Å². The van der Waals surface area contributed by atoms with E-state index in [0.717, 1.165) is 6.07 Å². The van der Waals surface area contributed by atoms with Gasteiger partial charge in [0.2, 0.25) is 5.76 Å². The molecule has 26 heavy (non-hydrogen) atoms. The molecule has 1 aromatic heterocycles. The zero-order chi connectivity index (χ0) is 18.5. The van der Waals surface area contributed by atoms with Gasteiger partial charge in [0.1, 0.15) is 41.8 Å². The number of aliphatic hydroxyl groups is 1. The van der Waals surface area contributed by atoms with E-state index >= 15 is 0 Å². The van der Waals surface area contributed by atoms with Crippen LogP contribution in [-0.4, -0.2) is 35.5 Å². The molecule has 0 radical (unpaired) electrons. The second kappa shape index (κ2) is 7.71. The molecule has 1 heterocycles. The Labute approximate surface area is 148 Å². The van der Waals surface area contributed by atoms with Gasteiger partial charge in [0, 0.05) is 6.07 Å². The number of carboxylic acids is 1. The average Bonchev–Trinajstić information content (AvgIpc) is 2.65. The first-order valence-electron chi connectivity index (χ1n) is 7.83. The Morgan fingerprint density at radius 1 is 1.04 bits per heavy atom. The van der Waals surface area contributed by atoms with Gasteiger partial charge in [-0.3, -0.25) is 4.79 Å². The first-order valence-corrected chi connectivity index (χ1v) is 7.83. The van der Waals surface area contributed by atoms with Crippen LogP contribution in [0.15, 0.2) is 63.8 Å². The fraction of sp³-hybridized carbons (Fsp3) is 0.158. The molecular weight excluding hydrogens is 340 g/mol. The highest BCUT2D eigenvalue weighted by molar-refractivity contribution is 5.89. The highest BCUT2D eigenvalue weighted by Crippen LogP contribution is 2.23. The molecule has 0 fully saturated rings. The van der Waals surface area contributed by atoms with E-state index in [1.807, 2.05) is 18.2 Å². The van der Waals surface area contributed by atoms with Gasteiger partial charge < -0.3 is 24.1 Å². The lowest BCUT2D eigenvalue weighted by atomic mass is 10.2. The van der Waals surface area contributed by atoms with Gasteiger partial charge in [0.15, 0.2) is 5.43 Å². The number of ether oxygens (including phenoxy) is 2. The standard InChI is InChI=1S/C19H16O7/c20-12(10-24-13-5-2-1-3-6-13)11-25-15-7-4-8-16-18(15)14(21)9-17(26-16)19(22)23/h1-9,12,20H,10-11H2,(H,22,23). The fourth-order valence-electron chi connectivity index (χ4n) is 2.35. The number of hydrogen-bond donors (Lipinski definition) is 2. The number of aliphatic hydroxyl groups excluding tert-OH is 1. The molecule has 7 nitrogen and oxygen atoms in total. The molecule has 0 aliphatic carbocycles. The van der Waals surface area contributed by atoms with Crippen molar-refractivity contribution in [3.05, 3.63) is 70.6 Å². The summed E-state index contributed by atoms with van der Waals surface area (Å²) < 4.78 is 16.1. The Balaban J connectivity index is 1.70. The summed E-state index contributed by atoms with van der Waals surface area (Å²) in [5.74, 6) is -0.953. The Bertz CT molecular complexity index is 963. The van der Waals surface area contributed by atoms with Crippen LogP contribution in [0.1, 0.15) is 10.6 Å². The van der Waals surface area contributed by atoms with Crippen molar-refractivity contribution in [2.75, 3.05) is 13.2 Å². The summed E-state index contributed by atoms with van der Waals surface area (Å²) in [4.78, 5) is 23.2. The second-order valence-corrected chi connectivity index (χ2v) is 5.50. The van der Waals surface area contributed by atoms with Crippen molar-refractivity contribution in [2.45, 2.75) is 6.10 Å². The summed E-state index contributed by atoms with van der Waals surface area (Å²) >= 11 is 0. The van der Waals surface area contributed by atoms with E-state index in [0.29, 0.717) is 5.75 Å². The van der Waals surface area contributed by atoms with Crippen molar-refractivity contribution in [1.82, 2.24) is 0 Å². The molecular formula is C19H16O7. The normalized spacial score (nSPS) is 11.9. The molecule has 0 saturated heterocycles. The highest BCUT2D eigenvalue weighted by atomic mass is 16.5. The van der Waals surface area contributed by atoms with E-state index in [2.05, 4.69) is 0 Å². The third-order valence-electron chi connectivity index (χ3n) is 3.54. The number of hydrogen-bond acceptors (Lipinski definition) is 6. The van der Waals surface area contributed by atoms with Crippen LogP contribution >= 0.6 is 0 Å². The van der Waals surface area contributed by atoms with Crippen molar-refractivity contribution in [2.24, 2.45) is 0 Å². The van der Waals surface area contributed by atoms with Gasteiger partial charge in [-0.25, -0.2) is 4.79 Å². The SMILES string of the molecule is O=C(O)c1cc(=O)c2c(OCC(O)COc3ccccc3)cccc2o1. The number of aromatic carboxylic acids is 1. The summed E-state index contributed by atoms with van der Waals surface area (Å²) in [6, 6.07) is 14.5. The summed E-state index contributed by atoms with van der Waals surface area (Å²) in [5, 5.41) is 19.1. The number of benzene rings is 2. The number of rotatable bonds is 7. The van der Waals surface area contributed by atoms with Crippen molar-refractivity contribution >= 4 is 16.9 Å². The summed E-state index contributed by atoms with van der Waals surface area (Å²) in [6.45, 7) is -0.0847. The Hall–Kier alpha value is -3.32. The van der Waals surface area contributed by atoms with Crippen LogP contribution in [0.3, 0.4) is 0 Å². The molecule has 0 saturated carbocycles. The zero-order valence-corrected chi connectivity index (χ0v) is 13.6. The largest absolute Gasteiger partial charge is 0.491 e. The second-order valence-electron chi connectivity index (χ2n) is 5.50. The minimum atomic E-state index is -1.33. The third kappa shape index (κ3) is 4.01. The lowest BCUT2D eigenvalue weighted by molar-refractivity contribution is 0.0631. The quantitative estimate of drug-likeness (QED) is 0.669. The van der Waals surface area contributed by atoms with Crippen molar-refractivity contribution in [1.29, 1.82) is 0 Å². The number of carboxylic acid groups (broad SMARTS) is 1. The molecule has 2 aromatic carbocycles. The van der Waals surface area contributed by atoms with E-state index in [9.17, 15) is 14.7 Å². The maximum Gasteiger partial charge on any atom is 0.371 e. The summed E-state index contributed by atoms with van der Waals surface area (Å²) in [5.41, 5.74) is -0.434. The van der Waals surface area contributed by atoms with Gasteiger partial charge in [-0.2, -0.15) is 0 Å². The fourth-order valence-corrected chi connectivity index (χ4v) is 2.35. The van der Waals surface area contributed by atoms with E-state index in [-0.39, 0.29) is 29.9 Å². The Morgan fingerprint density at radius 2 is 1.77 bits per heavy atom. The number of para-hydroxylation sites is 1. The maximum atomic E-state index is 12.2. The molecule has 0 bridgehead atoms. The molecule has 0 aliphatic heterocycles. The van der Waals surface area contributed by atoms with E-state index < -0.39 is 23.3 Å². The minimum Gasteiger partial charge on any atom is -0.491 e. The van der Waals surface area contributed by atoms with Gasteiger partial charge >= 0.3 is 5.97 Å². The predicted octanol–water partition coefficient (Wildman–Crippen LogP) is 2.31. The van der Waals surface area contributed by atoms with Crippen LogP contribution in [0.25, 0.3) is 11.0 Å². The number of fused-ring (bicyclic) bond motifs is 1. The van der Waals surface area contributed by atoms with Crippen LogP contribution < -0.4 is 14.9 Å². The monoisotopic (exact) mass is 356 g/mol. The van der Waals surface area contributed by atoms with Gasteiger partial charge in [-0.05, 0) is 24.3 Å². The molecule has 134 valence electrons. The lowest BCUT2D eigenvalue weighted by Crippen LogP contribution is -2.25. The van der Waals surface area contributed by atoms with Gasteiger partial charge in [0.25, 0.3) is 0 Å². The van der Waals surface area contributed by atoms with Crippen molar-refractivity contribution in [3.63, 3.8) is 0 Å². The van der Waals surface area contributed by atoms with Crippen LogP contribution in [0.2, 0.25) is 0 Å². The van der Waals surface area contributed by atoms with E-state index in [1.165, 1.54) is 6.07 Å². The minimum absolute atomic E-state index is 0.0204. The Kier molecular flexibility index (Phi) is 5.19. The molecule has 7 heteroatoms. The number of carbonyl (C=O) groups is 1. The first kappa shape index (κ1) is 17.5. The third-order valence-corrected chi connectivity index (χ3v) is 3.54. The summed E-state index contributed by atoms with van der Waals surface area (Å²) in [6.07, 6.45) is -0.921. The smallest absolute Gasteiger partial charge is 0.371 e. The zero-order valence-electron chi connectivity index (χ0n) is 13.6. The molecule has 0 spiro atoms. The molecule has 1 unspecified atom stereocenters. The summed E-state index contributed by atoms with van der Waals surface area (Å²) in [7, 11) is 0. The van der Waals surface area contributed by atoms with Crippen molar-refractivity contribution in [3.8, 4) is 11.5 Å². The van der Waals surface area contributed by atoms with E-state index in [4.69, 9.17) is 19.0 Å². The highest BCUT2D eigenvalue weighted by Gasteiger charge is 2.15. The maximum absolute atomic E-state index is 12.2. The van der Waals surface area contributed by atoms with Gasteiger partial charge in [-0.1, -0.05) is 24.3 Å². The molecule has 1 atom stereocenters. The predicted molar refractivity (Wildman–Crippen MR) is 92.9 cm³/mol. The molecule has 3 rings (SSSR count). The first-order chi connectivity index (χ1) is 12.5. The molecule has 2 N–H and O–H groups in total. The van der Waals surface area contributed by atoms with Gasteiger partial charge in [-0.15, -0.1) is 0 Å². The topological polar surface area (TPSA) is 106 Å². The molecule has 0 aliphatic rings. The Morgan fingerprint density at radius 3 is 2.50 bits per heavy atom. The molecule has 0 amide bonds. The van der Waals surface area contributed by atoms with Crippen LogP contribution in [0.5, 0.6) is 11.5 Å². The molecule has 3 aromatic rings. The van der Waals surface area contributed by atoms with Crippen LogP contribution in [0, 0.1) is 0 Å². The average molecular weight is 356 g/mol. The van der Waals surface area contributed by atoms with E-state index in [1.54, 1.807) is 24.3 Å².